The van der Waals surface area contributed by atoms with Crippen LogP contribution in [0.1, 0.15) is 31.8 Å². The van der Waals surface area contributed by atoms with Gasteiger partial charge in [0.2, 0.25) is 0 Å². The van der Waals surface area contributed by atoms with Crippen LogP contribution in [-0.2, 0) is 13.0 Å². The lowest BCUT2D eigenvalue weighted by atomic mass is 9.94. The first kappa shape index (κ1) is 22.2. The average Bonchev–Trinajstić information content (AvgIpc) is 2.67. The molecule has 3 aromatic carbocycles. The topological polar surface area (TPSA) is 57.6 Å². The van der Waals surface area contributed by atoms with Gasteiger partial charge in [-0.15, -0.1) is 0 Å². The Morgan fingerprint density at radius 3 is 2.07 bits per heavy atom. The van der Waals surface area contributed by atoms with E-state index in [1.807, 2.05) is 36.4 Å². The van der Waals surface area contributed by atoms with Crippen LogP contribution < -0.4 is 24.0 Å². The summed E-state index contributed by atoms with van der Waals surface area (Å²) in [7, 11) is 6.19. The fourth-order valence-electron chi connectivity index (χ4n) is 3.96. The fourth-order valence-corrected chi connectivity index (χ4v) is 3.96. The van der Waals surface area contributed by atoms with Crippen LogP contribution in [0.2, 0.25) is 0 Å². The van der Waals surface area contributed by atoms with Gasteiger partial charge in [-0.3, -0.25) is 14.5 Å². The third-order valence-corrected chi connectivity index (χ3v) is 5.27. The van der Waals surface area contributed by atoms with Gasteiger partial charge < -0.3 is 33.6 Å². The molecule has 1 N–H and O–H groups in total. The number of rotatable bonds is 5. The Balaban J connectivity index is 0.00000256. The van der Waals surface area contributed by atoms with Crippen molar-refractivity contribution in [3.8, 4) is 5.75 Å². The lowest BCUT2D eigenvalue weighted by Gasteiger charge is -2.27. The number of hydrogen-bond acceptors (Lipinski definition) is 3. The minimum atomic E-state index is -0.246. The number of nitrogens with zero attached hydrogens (tertiary/aromatic N) is 2. The summed E-state index contributed by atoms with van der Waals surface area (Å²) in [4.78, 5) is 27.3. The van der Waals surface area contributed by atoms with E-state index in [2.05, 4.69) is 21.1 Å². The van der Waals surface area contributed by atoms with Crippen molar-refractivity contribution < 1.29 is 43.2 Å². The SMILES string of the molecule is C[N+](C)(C)Cc1cc(CCN2C(=O)c3cccc4cccc(c34)C2=O)ccc1O.[I-]. The van der Waals surface area contributed by atoms with Crippen LogP contribution in [0.15, 0.2) is 54.6 Å². The Hall–Kier alpha value is -2.45. The van der Waals surface area contributed by atoms with E-state index in [1.165, 1.54) is 4.90 Å². The molecule has 0 unspecified atom stereocenters. The molecule has 0 fully saturated rings. The normalized spacial score (nSPS) is 13.5. The van der Waals surface area contributed by atoms with Crippen LogP contribution in [0.3, 0.4) is 0 Å². The van der Waals surface area contributed by atoms with E-state index in [0.717, 1.165) is 21.9 Å². The van der Waals surface area contributed by atoms with Crippen LogP contribution in [0.25, 0.3) is 10.8 Å². The van der Waals surface area contributed by atoms with Crippen LogP contribution >= 0.6 is 0 Å². The van der Waals surface area contributed by atoms with E-state index in [4.69, 9.17) is 0 Å². The van der Waals surface area contributed by atoms with Gasteiger partial charge in [0.05, 0.1) is 21.1 Å². The van der Waals surface area contributed by atoms with Gasteiger partial charge in [0.1, 0.15) is 12.3 Å². The molecule has 0 radical (unpaired) electrons. The summed E-state index contributed by atoms with van der Waals surface area (Å²) in [5.74, 6) is -0.221. The summed E-state index contributed by atoms with van der Waals surface area (Å²) in [5.41, 5.74) is 3.01. The maximum absolute atomic E-state index is 13.0. The molecule has 0 spiro atoms. The van der Waals surface area contributed by atoms with Gasteiger partial charge >= 0.3 is 0 Å². The van der Waals surface area contributed by atoms with E-state index in [0.29, 0.717) is 35.1 Å². The highest BCUT2D eigenvalue weighted by Gasteiger charge is 2.32. The van der Waals surface area contributed by atoms with Crippen LogP contribution in [0, 0.1) is 0 Å². The number of aromatic hydroxyl groups is 1. The monoisotopic (exact) mass is 516 g/mol. The third kappa shape index (κ3) is 4.20. The van der Waals surface area contributed by atoms with Gasteiger partial charge in [-0.1, -0.05) is 30.3 Å². The number of phenolic OH excluding ortho intramolecular Hbond substituents is 1. The zero-order chi connectivity index (χ0) is 20.8. The van der Waals surface area contributed by atoms with Gasteiger partial charge in [0.25, 0.3) is 11.8 Å². The van der Waals surface area contributed by atoms with E-state index >= 15 is 0 Å². The predicted octanol–water partition coefficient (Wildman–Crippen LogP) is 0.594. The highest BCUT2D eigenvalue weighted by atomic mass is 127. The second-order valence-electron chi connectivity index (χ2n) is 8.63. The first-order valence-electron chi connectivity index (χ1n) is 9.74. The molecule has 6 heteroatoms. The highest BCUT2D eigenvalue weighted by Crippen LogP contribution is 2.30. The number of phenols is 1. The lowest BCUT2D eigenvalue weighted by Crippen LogP contribution is -3.00. The average molecular weight is 516 g/mol. The molecular formula is C24H25IN2O3. The Morgan fingerprint density at radius 1 is 0.900 bits per heavy atom. The van der Waals surface area contributed by atoms with E-state index in [1.54, 1.807) is 18.2 Å². The maximum Gasteiger partial charge on any atom is 0.261 e. The van der Waals surface area contributed by atoms with Crippen molar-refractivity contribution in [3.05, 3.63) is 76.9 Å². The summed E-state index contributed by atoms with van der Waals surface area (Å²) in [5, 5.41) is 11.8. The Labute approximate surface area is 193 Å². The Morgan fingerprint density at radius 2 is 1.50 bits per heavy atom. The summed E-state index contributed by atoms with van der Waals surface area (Å²) in [6, 6.07) is 16.6. The number of amides is 2. The molecule has 4 rings (SSSR count). The zero-order valence-corrected chi connectivity index (χ0v) is 19.5. The van der Waals surface area contributed by atoms with Crippen molar-refractivity contribution in [2.75, 3.05) is 27.7 Å². The number of halogens is 1. The molecule has 1 aliphatic rings. The van der Waals surface area contributed by atoms with Crippen molar-refractivity contribution >= 4 is 22.6 Å². The second kappa shape index (κ2) is 8.35. The van der Waals surface area contributed by atoms with Crippen molar-refractivity contribution in [2.24, 2.45) is 0 Å². The van der Waals surface area contributed by atoms with Crippen molar-refractivity contribution in [2.45, 2.75) is 13.0 Å². The van der Waals surface area contributed by atoms with Gasteiger partial charge in [0.15, 0.2) is 0 Å². The minimum Gasteiger partial charge on any atom is -1.00 e. The van der Waals surface area contributed by atoms with E-state index in [-0.39, 0.29) is 41.5 Å². The molecule has 5 nitrogen and oxygen atoms in total. The van der Waals surface area contributed by atoms with Gasteiger partial charge in [-0.2, -0.15) is 0 Å². The molecule has 30 heavy (non-hydrogen) atoms. The first-order valence-corrected chi connectivity index (χ1v) is 9.74. The first-order chi connectivity index (χ1) is 13.7. The molecule has 3 aromatic rings. The summed E-state index contributed by atoms with van der Waals surface area (Å²) in [6.07, 6.45) is 0.542. The molecule has 1 aliphatic heterocycles. The van der Waals surface area contributed by atoms with Crippen molar-refractivity contribution in [3.63, 3.8) is 0 Å². The van der Waals surface area contributed by atoms with Crippen LogP contribution in [0.4, 0.5) is 0 Å². The third-order valence-electron chi connectivity index (χ3n) is 5.27. The molecule has 0 saturated carbocycles. The number of benzene rings is 3. The smallest absolute Gasteiger partial charge is 0.261 e. The fraction of sp³-hybridized carbons (Fsp3) is 0.250. The Kier molecular flexibility index (Phi) is 6.19. The number of carbonyl (C=O) groups excluding carboxylic acids is 2. The van der Waals surface area contributed by atoms with Gasteiger partial charge in [0, 0.05) is 28.6 Å². The van der Waals surface area contributed by atoms with Crippen LogP contribution in [0.5, 0.6) is 5.75 Å². The van der Waals surface area contributed by atoms with Crippen molar-refractivity contribution in [1.82, 2.24) is 4.90 Å². The molecule has 156 valence electrons. The number of imide groups is 1. The largest absolute Gasteiger partial charge is 1.00 e. The molecule has 0 bridgehead atoms. The van der Waals surface area contributed by atoms with Crippen LogP contribution in [-0.4, -0.2) is 54.0 Å². The van der Waals surface area contributed by atoms with Gasteiger partial charge in [-0.05, 0) is 41.6 Å². The number of carbonyl (C=O) groups is 2. The predicted molar refractivity (Wildman–Crippen MR) is 113 cm³/mol. The van der Waals surface area contributed by atoms with Gasteiger partial charge in [-0.25, -0.2) is 0 Å². The van der Waals surface area contributed by atoms with Crippen molar-refractivity contribution in [1.29, 1.82) is 0 Å². The highest BCUT2D eigenvalue weighted by molar-refractivity contribution is 6.25. The summed E-state index contributed by atoms with van der Waals surface area (Å²) >= 11 is 0. The lowest BCUT2D eigenvalue weighted by molar-refractivity contribution is -0.884. The molecule has 0 atom stereocenters. The Bertz CT molecular complexity index is 1080. The van der Waals surface area contributed by atoms with E-state index < -0.39 is 0 Å². The number of quaternary nitrogens is 1. The van der Waals surface area contributed by atoms with E-state index in [9.17, 15) is 14.7 Å². The standard InChI is InChI=1S/C24H24N2O3.HI/c1-26(2,3)15-18-14-16(10-11-21(18)27)12-13-25-23(28)19-8-4-6-17-7-5-9-20(22(17)19)24(25)29;/h4-11,14H,12-13,15H2,1-3H3;1H. The molecule has 0 saturated heterocycles. The minimum absolute atomic E-state index is 0. The molecule has 0 aliphatic carbocycles. The number of hydrogen-bond donors (Lipinski definition) is 1. The molecule has 0 aromatic heterocycles. The summed E-state index contributed by atoms with van der Waals surface area (Å²) in [6.45, 7) is 0.994. The molecule has 1 heterocycles. The maximum atomic E-state index is 13.0. The molecule has 2 amide bonds. The second-order valence-corrected chi connectivity index (χ2v) is 8.63. The quantitative estimate of drug-likeness (QED) is 0.307. The zero-order valence-electron chi connectivity index (χ0n) is 17.4. The summed E-state index contributed by atoms with van der Waals surface area (Å²) < 4.78 is 0.695. The molecular weight excluding hydrogens is 491 g/mol.